The van der Waals surface area contributed by atoms with Crippen molar-refractivity contribution in [3.05, 3.63) is 30.1 Å². The Hall–Kier alpha value is -0.840. The number of nitrogens with zero attached hydrogens (tertiary/aromatic N) is 2. The number of ether oxygens (including phenoxy) is 1. The van der Waals surface area contributed by atoms with Gasteiger partial charge in [-0.25, -0.2) is 0 Å². The minimum atomic E-state index is -0.0827. The highest BCUT2D eigenvalue weighted by atomic mass is 35.5. The summed E-state index contributed by atoms with van der Waals surface area (Å²) in [7, 11) is 1.46. The number of likely N-dealkylation sites (tertiary alicyclic amines) is 1. The number of hydrogen-bond acceptors (Lipinski definition) is 4. The first kappa shape index (κ1) is 19.2. The number of piperidine rings is 1. The predicted molar refractivity (Wildman–Crippen MR) is 83.4 cm³/mol. The van der Waals surface area contributed by atoms with E-state index in [9.17, 15) is 4.79 Å². The Kier molecular flexibility index (Phi) is 9.55. The van der Waals surface area contributed by atoms with Crippen molar-refractivity contribution >= 4 is 30.8 Å². The smallest absolute Gasteiger partial charge is 0.305 e. The molecular weight excluding hydrogens is 299 g/mol. The van der Waals surface area contributed by atoms with Gasteiger partial charge in [-0.3, -0.25) is 14.7 Å². The van der Waals surface area contributed by atoms with E-state index in [1.165, 1.54) is 12.7 Å². The van der Waals surface area contributed by atoms with Crippen LogP contribution in [0.5, 0.6) is 0 Å². The first-order valence-corrected chi connectivity index (χ1v) is 6.46. The molecule has 1 saturated heterocycles. The summed E-state index contributed by atoms with van der Waals surface area (Å²) in [4.78, 5) is 17.8. The van der Waals surface area contributed by atoms with Crippen LogP contribution in [0.3, 0.4) is 0 Å². The van der Waals surface area contributed by atoms with Crippen molar-refractivity contribution in [2.75, 3.05) is 20.2 Å². The second-order valence-electron chi connectivity index (χ2n) is 4.86. The third-order valence-corrected chi connectivity index (χ3v) is 3.52. The molecule has 1 fully saturated rings. The van der Waals surface area contributed by atoms with Crippen molar-refractivity contribution in [1.82, 2.24) is 9.88 Å². The number of methoxy groups -OCH3 is 1. The lowest BCUT2D eigenvalue weighted by Crippen LogP contribution is -2.34. The molecule has 0 aromatic carbocycles. The summed E-state index contributed by atoms with van der Waals surface area (Å²) in [5.74, 6) is 0.406. The molecule has 20 heavy (non-hydrogen) atoms. The van der Waals surface area contributed by atoms with Crippen LogP contribution in [0.1, 0.15) is 24.8 Å². The Morgan fingerprint density at radius 1 is 1.40 bits per heavy atom. The van der Waals surface area contributed by atoms with Crippen LogP contribution >= 0.6 is 24.8 Å². The largest absolute Gasteiger partial charge is 0.469 e. The fraction of sp³-hybridized carbons (Fsp3) is 0.571. The first-order chi connectivity index (χ1) is 8.78. The maximum absolute atomic E-state index is 11.2. The first-order valence-electron chi connectivity index (χ1n) is 6.46. The molecule has 2 heterocycles. The van der Waals surface area contributed by atoms with Gasteiger partial charge in [-0.15, -0.1) is 24.8 Å². The molecule has 6 heteroatoms. The Labute approximate surface area is 132 Å². The monoisotopic (exact) mass is 320 g/mol. The van der Waals surface area contributed by atoms with E-state index in [4.69, 9.17) is 4.74 Å². The number of halogens is 2. The van der Waals surface area contributed by atoms with Gasteiger partial charge in [0.2, 0.25) is 0 Å². The summed E-state index contributed by atoms with van der Waals surface area (Å²) < 4.78 is 4.71. The second-order valence-corrected chi connectivity index (χ2v) is 4.86. The van der Waals surface area contributed by atoms with E-state index in [-0.39, 0.29) is 30.8 Å². The maximum atomic E-state index is 11.2. The summed E-state index contributed by atoms with van der Waals surface area (Å²) in [5.41, 5.74) is 1.25. The van der Waals surface area contributed by atoms with Crippen LogP contribution in [0.15, 0.2) is 24.5 Å². The van der Waals surface area contributed by atoms with Gasteiger partial charge in [-0.05, 0) is 43.5 Å². The summed E-state index contributed by atoms with van der Waals surface area (Å²) >= 11 is 0. The lowest BCUT2D eigenvalue weighted by molar-refractivity contribution is -0.142. The molecule has 1 aliphatic heterocycles. The summed E-state index contributed by atoms with van der Waals surface area (Å²) in [5, 5.41) is 0. The van der Waals surface area contributed by atoms with Crippen LogP contribution in [0.2, 0.25) is 0 Å². The van der Waals surface area contributed by atoms with Crippen LogP contribution in [-0.2, 0) is 16.1 Å². The van der Waals surface area contributed by atoms with E-state index in [0.717, 1.165) is 32.5 Å². The van der Waals surface area contributed by atoms with Gasteiger partial charge in [0.1, 0.15) is 0 Å². The Bertz CT molecular complexity index is 382. The van der Waals surface area contributed by atoms with Crippen molar-refractivity contribution in [1.29, 1.82) is 0 Å². The highest BCUT2D eigenvalue weighted by molar-refractivity contribution is 5.85. The Balaban J connectivity index is 0.00000180. The number of pyridine rings is 1. The number of esters is 1. The molecule has 0 radical (unpaired) electrons. The lowest BCUT2D eigenvalue weighted by atomic mass is 9.93. The molecule has 1 aliphatic rings. The molecular formula is C14H22Cl2N2O2. The van der Waals surface area contributed by atoms with Crippen LogP contribution in [0, 0.1) is 5.92 Å². The third-order valence-electron chi connectivity index (χ3n) is 3.52. The number of rotatable bonds is 4. The summed E-state index contributed by atoms with van der Waals surface area (Å²) in [6.45, 7) is 3.06. The van der Waals surface area contributed by atoms with Gasteiger partial charge < -0.3 is 4.74 Å². The fourth-order valence-electron chi connectivity index (χ4n) is 2.42. The van der Waals surface area contributed by atoms with Crippen molar-refractivity contribution in [2.45, 2.75) is 25.8 Å². The Morgan fingerprint density at radius 3 is 2.65 bits per heavy atom. The van der Waals surface area contributed by atoms with Gasteiger partial charge in [0.15, 0.2) is 0 Å². The zero-order chi connectivity index (χ0) is 12.8. The van der Waals surface area contributed by atoms with E-state index in [2.05, 4.69) is 16.0 Å². The van der Waals surface area contributed by atoms with Crippen LogP contribution in [-0.4, -0.2) is 36.1 Å². The number of hydrogen-bond donors (Lipinski definition) is 0. The summed E-state index contributed by atoms with van der Waals surface area (Å²) in [6, 6.07) is 4.08. The minimum absolute atomic E-state index is 0. The van der Waals surface area contributed by atoms with E-state index in [1.807, 2.05) is 12.3 Å². The highest BCUT2D eigenvalue weighted by Gasteiger charge is 2.21. The molecule has 2 rings (SSSR count). The van der Waals surface area contributed by atoms with E-state index >= 15 is 0 Å². The predicted octanol–water partition coefficient (Wildman–Crippen LogP) is 2.70. The highest BCUT2D eigenvalue weighted by Crippen LogP contribution is 2.21. The molecule has 1 aromatic heterocycles. The third kappa shape index (κ3) is 6.07. The average Bonchev–Trinajstić information content (AvgIpc) is 2.42. The number of aromatic nitrogens is 1. The standard InChI is InChI=1S/C14H20N2O2.2ClH/c1-18-14(17)9-12-4-7-16(8-5-12)11-13-3-2-6-15-10-13;;/h2-3,6,10,12H,4-5,7-9,11H2,1H3;2*1H. The van der Waals surface area contributed by atoms with Crippen LogP contribution < -0.4 is 0 Å². The minimum Gasteiger partial charge on any atom is -0.469 e. The van der Waals surface area contributed by atoms with Gasteiger partial charge in [0.05, 0.1) is 7.11 Å². The topological polar surface area (TPSA) is 42.4 Å². The van der Waals surface area contributed by atoms with E-state index < -0.39 is 0 Å². The SMILES string of the molecule is COC(=O)CC1CCN(Cc2cccnc2)CC1.Cl.Cl. The quantitative estimate of drug-likeness (QED) is 0.800. The average molecular weight is 321 g/mol. The van der Waals surface area contributed by atoms with Gasteiger partial charge in [0.25, 0.3) is 0 Å². The molecule has 0 atom stereocenters. The molecule has 0 saturated carbocycles. The zero-order valence-corrected chi connectivity index (χ0v) is 13.3. The van der Waals surface area contributed by atoms with E-state index in [0.29, 0.717) is 12.3 Å². The Morgan fingerprint density at radius 2 is 2.10 bits per heavy atom. The fourth-order valence-corrected chi connectivity index (χ4v) is 2.42. The van der Waals surface area contributed by atoms with Crippen LogP contribution in [0.25, 0.3) is 0 Å². The van der Waals surface area contributed by atoms with Gasteiger partial charge in [-0.1, -0.05) is 6.07 Å². The molecule has 4 nitrogen and oxygen atoms in total. The second kappa shape index (κ2) is 9.97. The van der Waals surface area contributed by atoms with Crippen molar-refractivity contribution < 1.29 is 9.53 Å². The lowest BCUT2D eigenvalue weighted by Gasteiger charge is -2.31. The molecule has 1 aromatic rings. The van der Waals surface area contributed by atoms with Gasteiger partial charge in [0, 0.05) is 25.4 Å². The zero-order valence-electron chi connectivity index (χ0n) is 11.7. The van der Waals surface area contributed by atoms with Gasteiger partial charge in [-0.2, -0.15) is 0 Å². The normalized spacial score (nSPS) is 15.8. The molecule has 0 spiro atoms. The van der Waals surface area contributed by atoms with Crippen molar-refractivity contribution in [3.8, 4) is 0 Å². The molecule has 114 valence electrons. The number of carbonyl (C=O) groups is 1. The summed E-state index contributed by atoms with van der Waals surface area (Å²) in [6.07, 6.45) is 6.44. The molecule has 0 bridgehead atoms. The van der Waals surface area contributed by atoms with E-state index in [1.54, 1.807) is 6.20 Å². The molecule has 0 unspecified atom stereocenters. The van der Waals surface area contributed by atoms with Crippen molar-refractivity contribution in [2.24, 2.45) is 5.92 Å². The van der Waals surface area contributed by atoms with Crippen molar-refractivity contribution in [3.63, 3.8) is 0 Å². The maximum Gasteiger partial charge on any atom is 0.305 e. The molecule has 0 aliphatic carbocycles. The molecule has 0 amide bonds. The molecule has 0 N–H and O–H groups in total. The van der Waals surface area contributed by atoms with Gasteiger partial charge >= 0.3 is 5.97 Å². The van der Waals surface area contributed by atoms with Crippen LogP contribution in [0.4, 0.5) is 0 Å². The number of carbonyl (C=O) groups excluding carboxylic acids is 1.